The highest BCUT2D eigenvalue weighted by Crippen LogP contribution is 2.29. The van der Waals surface area contributed by atoms with Gasteiger partial charge in [-0.1, -0.05) is 70.3 Å². The summed E-state index contributed by atoms with van der Waals surface area (Å²) in [6.07, 6.45) is 0.732. The maximum Gasteiger partial charge on any atom is 0.264 e. The van der Waals surface area contributed by atoms with Crippen molar-refractivity contribution >= 4 is 55.1 Å². The SMILES string of the molecule is CC[C@@H](C)NC(=O)[C@H](C)N(Cc1ccc(Br)cc1)C(=O)CN(c1ccc(C)c(Cl)c1)S(=O)(=O)c1ccc(C)cc1. The van der Waals surface area contributed by atoms with E-state index in [2.05, 4.69) is 21.2 Å². The van der Waals surface area contributed by atoms with Gasteiger partial charge in [0.15, 0.2) is 0 Å². The molecule has 0 aromatic heterocycles. The predicted octanol–water partition coefficient (Wildman–Crippen LogP) is 6.25. The van der Waals surface area contributed by atoms with Gasteiger partial charge in [0, 0.05) is 22.1 Å². The number of carbonyl (C=O) groups is 2. The number of anilines is 1. The summed E-state index contributed by atoms with van der Waals surface area (Å²) >= 11 is 9.79. The van der Waals surface area contributed by atoms with Crippen molar-refractivity contribution in [3.8, 4) is 0 Å². The van der Waals surface area contributed by atoms with E-state index in [1.54, 1.807) is 31.2 Å². The van der Waals surface area contributed by atoms with Crippen LogP contribution in [0.25, 0.3) is 0 Å². The van der Waals surface area contributed by atoms with Gasteiger partial charge in [0.1, 0.15) is 12.6 Å². The van der Waals surface area contributed by atoms with E-state index in [1.807, 2.05) is 52.0 Å². The van der Waals surface area contributed by atoms with Gasteiger partial charge >= 0.3 is 0 Å². The molecule has 0 fully saturated rings. The third kappa shape index (κ3) is 7.86. The molecule has 0 heterocycles. The Kier molecular flexibility index (Phi) is 10.8. The fraction of sp³-hybridized carbons (Fsp3) is 0.333. The van der Waals surface area contributed by atoms with Crippen LogP contribution in [0.1, 0.15) is 43.9 Å². The minimum atomic E-state index is -4.16. The molecule has 214 valence electrons. The van der Waals surface area contributed by atoms with Crippen molar-refractivity contribution in [1.82, 2.24) is 10.2 Å². The molecule has 0 radical (unpaired) electrons. The lowest BCUT2D eigenvalue weighted by Gasteiger charge is -2.32. The molecule has 3 rings (SSSR count). The summed E-state index contributed by atoms with van der Waals surface area (Å²) in [6, 6.07) is 17.8. The number of sulfonamides is 1. The third-order valence-corrected chi connectivity index (χ3v) is 9.49. The van der Waals surface area contributed by atoms with E-state index in [4.69, 9.17) is 11.6 Å². The van der Waals surface area contributed by atoms with Crippen molar-refractivity contribution in [1.29, 1.82) is 0 Å². The molecule has 7 nitrogen and oxygen atoms in total. The van der Waals surface area contributed by atoms with Gasteiger partial charge in [0.2, 0.25) is 11.8 Å². The van der Waals surface area contributed by atoms with Crippen LogP contribution in [0.3, 0.4) is 0 Å². The average Bonchev–Trinajstić information content (AvgIpc) is 2.92. The average molecular weight is 649 g/mol. The highest BCUT2D eigenvalue weighted by atomic mass is 79.9. The number of aryl methyl sites for hydroxylation is 2. The molecule has 0 saturated heterocycles. The molecule has 0 spiro atoms. The van der Waals surface area contributed by atoms with Crippen molar-refractivity contribution in [2.45, 2.75) is 64.6 Å². The van der Waals surface area contributed by atoms with Crippen LogP contribution in [0.4, 0.5) is 5.69 Å². The summed E-state index contributed by atoms with van der Waals surface area (Å²) in [4.78, 5) is 28.6. The number of benzene rings is 3. The quantitative estimate of drug-likeness (QED) is 0.267. The minimum absolute atomic E-state index is 0.0459. The summed E-state index contributed by atoms with van der Waals surface area (Å²) in [6.45, 7) is 8.78. The number of hydrogen-bond donors (Lipinski definition) is 1. The Morgan fingerprint density at radius 1 is 0.975 bits per heavy atom. The normalized spacial score (nSPS) is 12.9. The van der Waals surface area contributed by atoms with Crippen molar-refractivity contribution in [3.05, 3.63) is 92.9 Å². The number of rotatable bonds is 11. The Morgan fingerprint density at radius 2 is 1.60 bits per heavy atom. The van der Waals surface area contributed by atoms with E-state index in [9.17, 15) is 18.0 Å². The van der Waals surface area contributed by atoms with Gasteiger partial charge in [0.05, 0.1) is 10.6 Å². The van der Waals surface area contributed by atoms with E-state index in [-0.39, 0.29) is 29.1 Å². The fourth-order valence-electron chi connectivity index (χ4n) is 3.94. The van der Waals surface area contributed by atoms with Gasteiger partial charge in [-0.15, -0.1) is 0 Å². The molecule has 0 bridgehead atoms. The van der Waals surface area contributed by atoms with Crippen LogP contribution in [0.2, 0.25) is 5.02 Å². The van der Waals surface area contributed by atoms with Gasteiger partial charge in [-0.3, -0.25) is 13.9 Å². The first kappa shape index (κ1) is 31.6. The summed E-state index contributed by atoms with van der Waals surface area (Å²) < 4.78 is 29.8. The summed E-state index contributed by atoms with van der Waals surface area (Å²) in [5, 5.41) is 3.31. The Hall–Kier alpha value is -2.88. The van der Waals surface area contributed by atoms with Crippen LogP contribution in [0, 0.1) is 13.8 Å². The second-order valence-electron chi connectivity index (χ2n) is 9.90. The van der Waals surface area contributed by atoms with E-state index in [0.29, 0.717) is 5.02 Å². The van der Waals surface area contributed by atoms with Crippen LogP contribution in [-0.2, 0) is 26.2 Å². The lowest BCUT2D eigenvalue weighted by Crippen LogP contribution is -2.52. The van der Waals surface area contributed by atoms with Crippen molar-refractivity contribution < 1.29 is 18.0 Å². The van der Waals surface area contributed by atoms with E-state index < -0.39 is 28.5 Å². The molecule has 2 amide bonds. The van der Waals surface area contributed by atoms with E-state index >= 15 is 0 Å². The first-order chi connectivity index (χ1) is 18.8. The van der Waals surface area contributed by atoms with Crippen molar-refractivity contribution in [2.75, 3.05) is 10.8 Å². The molecule has 10 heteroatoms. The van der Waals surface area contributed by atoms with Crippen LogP contribution < -0.4 is 9.62 Å². The number of halogens is 2. The van der Waals surface area contributed by atoms with Crippen molar-refractivity contribution in [2.24, 2.45) is 0 Å². The van der Waals surface area contributed by atoms with E-state index in [1.165, 1.54) is 23.1 Å². The zero-order valence-corrected chi connectivity index (χ0v) is 26.5. The van der Waals surface area contributed by atoms with Crippen LogP contribution in [-0.4, -0.2) is 43.8 Å². The maximum atomic E-state index is 14.0. The lowest BCUT2D eigenvalue weighted by atomic mass is 10.1. The lowest BCUT2D eigenvalue weighted by molar-refractivity contribution is -0.139. The molecule has 1 N–H and O–H groups in total. The highest BCUT2D eigenvalue weighted by Gasteiger charge is 2.33. The second-order valence-corrected chi connectivity index (χ2v) is 13.1. The Labute approximate surface area is 250 Å². The molecule has 0 aliphatic carbocycles. The number of amides is 2. The molecule has 40 heavy (non-hydrogen) atoms. The molecule has 0 unspecified atom stereocenters. The first-order valence-electron chi connectivity index (χ1n) is 13.0. The highest BCUT2D eigenvalue weighted by molar-refractivity contribution is 9.10. The standard InChI is InChI=1S/C30H35BrClN3O4S/c1-6-22(4)33-30(37)23(5)34(18-24-10-12-25(31)13-11-24)29(36)19-35(26-14-9-21(3)28(32)17-26)40(38,39)27-15-7-20(2)8-16-27/h7-17,22-23H,6,18-19H2,1-5H3,(H,33,37)/t22-,23+/m1/s1. The third-order valence-electron chi connectivity index (χ3n) is 6.77. The first-order valence-corrected chi connectivity index (χ1v) is 15.6. The second kappa shape index (κ2) is 13.7. The Bertz CT molecular complexity index is 1450. The largest absolute Gasteiger partial charge is 0.352 e. The number of hydrogen-bond acceptors (Lipinski definition) is 4. The number of nitrogens with zero attached hydrogens (tertiary/aromatic N) is 2. The summed E-state index contributed by atoms with van der Waals surface area (Å²) in [7, 11) is -4.16. The van der Waals surface area contributed by atoms with Gasteiger partial charge in [0.25, 0.3) is 10.0 Å². The molecule has 0 aliphatic rings. The minimum Gasteiger partial charge on any atom is -0.352 e. The van der Waals surface area contributed by atoms with Crippen LogP contribution in [0.5, 0.6) is 0 Å². The van der Waals surface area contributed by atoms with Gasteiger partial charge in [-0.05, 0) is 81.6 Å². The summed E-state index contributed by atoms with van der Waals surface area (Å²) in [5.41, 5.74) is 2.73. The molecular weight excluding hydrogens is 614 g/mol. The summed E-state index contributed by atoms with van der Waals surface area (Å²) in [5.74, 6) is -0.840. The molecule has 3 aromatic carbocycles. The molecule has 0 saturated carbocycles. The predicted molar refractivity (Wildman–Crippen MR) is 164 cm³/mol. The smallest absolute Gasteiger partial charge is 0.264 e. The van der Waals surface area contributed by atoms with Gasteiger partial charge in [-0.25, -0.2) is 8.42 Å². The molecule has 2 atom stereocenters. The molecule has 3 aromatic rings. The van der Waals surface area contributed by atoms with Gasteiger partial charge in [-0.2, -0.15) is 0 Å². The number of nitrogens with one attached hydrogen (secondary N) is 1. The number of carbonyl (C=O) groups excluding carboxylic acids is 2. The Morgan fingerprint density at radius 3 is 2.17 bits per heavy atom. The van der Waals surface area contributed by atoms with Gasteiger partial charge < -0.3 is 10.2 Å². The molecular formula is C30H35BrClN3O4S. The van der Waals surface area contributed by atoms with E-state index in [0.717, 1.165) is 31.9 Å². The zero-order valence-electron chi connectivity index (χ0n) is 23.3. The van der Waals surface area contributed by atoms with Crippen LogP contribution >= 0.6 is 27.5 Å². The molecule has 0 aliphatic heterocycles. The zero-order chi connectivity index (χ0) is 29.6. The van der Waals surface area contributed by atoms with Crippen molar-refractivity contribution in [3.63, 3.8) is 0 Å². The monoisotopic (exact) mass is 647 g/mol. The topological polar surface area (TPSA) is 86.8 Å². The Balaban J connectivity index is 2.04. The maximum absolute atomic E-state index is 14.0. The van der Waals surface area contributed by atoms with Crippen LogP contribution in [0.15, 0.2) is 76.1 Å². The fourth-order valence-corrected chi connectivity index (χ4v) is 5.78.